The van der Waals surface area contributed by atoms with E-state index in [0.717, 1.165) is 15.0 Å². The van der Waals surface area contributed by atoms with E-state index >= 15 is 0 Å². The van der Waals surface area contributed by atoms with Crippen LogP contribution >= 0.6 is 27.3 Å². The van der Waals surface area contributed by atoms with Crippen LogP contribution < -0.4 is 0 Å². The standard InChI is InChI=1S/C21H12BrNS/c22-15-8-6-13-7-9-17-16(18(13)12-15)10-11-19-20(17)24-21(23-19)14-4-2-1-3-5-14/h1-12H. The number of aromatic nitrogens is 1. The zero-order chi connectivity index (χ0) is 16.1. The zero-order valence-electron chi connectivity index (χ0n) is 12.7. The highest BCUT2D eigenvalue weighted by Gasteiger charge is 2.10. The molecule has 0 N–H and O–H groups in total. The van der Waals surface area contributed by atoms with Crippen LogP contribution in [0, 0.1) is 0 Å². The van der Waals surface area contributed by atoms with Crippen LogP contribution in [0.5, 0.6) is 0 Å². The summed E-state index contributed by atoms with van der Waals surface area (Å²) < 4.78 is 2.37. The minimum atomic E-state index is 1.07. The third kappa shape index (κ3) is 2.16. The van der Waals surface area contributed by atoms with E-state index in [0.29, 0.717) is 0 Å². The lowest BCUT2D eigenvalue weighted by molar-refractivity contribution is 1.48. The molecule has 0 amide bonds. The lowest BCUT2D eigenvalue weighted by Gasteiger charge is -2.05. The first-order valence-electron chi connectivity index (χ1n) is 7.76. The Bertz CT molecular complexity index is 1210. The Kier molecular flexibility index (Phi) is 3.18. The maximum absolute atomic E-state index is 4.84. The van der Waals surface area contributed by atoms with E-state index in [2.05, 4.69) is 82.7 Å². The van der Waals surface area contributed by atoms with Crippen LogP contribution in [0.15, 0.2) is 77.3 Å². The molecule has 0 aliphatic heterocycles. The van der Waals surface area contributed by atoms with E-state index in [1.54, 1.807) is 11.3 Å². The average molecular weight is 390 g/mol. The largest absolute Gasteiger partial charge is 0.236 e. The number of hydrogen-bond donors (Lipinski definition) is 0. The summed E-state index contributed by atoms with van der Waals surface area (Å²) in [5.41, 5.74) is 2.25. The van der Waals surface area contributed by atoms with Crippen LogP contribution in [-0.4, -0.2) is 4.98 Å². The molecule has 0 unspecified atom stereocenters. The molecule has 1 heterocycles. The summed E-state index contributed by atoms with van der Waals surface area (Å²) in [4.78, 5) is 4.84. The van der Waals surface area contributed by atoms with Gasteiger partial charge in [0.15, 0.2) is 0 Å². The maximum atomic E-state index is 4.84. The SMILES string of the molecule is Brc1ccc2ccc3c(ccc4nc(-c5ccccc5)sc43)c2c1. The van der Waals surface area contributed by atoms with Gasteiger partial charge in [0.25, 0.3) is 0 Å². The van der Waals surface area contributed by atoms with E-state index in [4.69, 9.17) is 4.98 Å². The summed E-state index contributed by atoms with van der Waals surface area (Å²) in [7, 11) is 0. The van der Waals surface area contributed by atoms with Crippen LogP contribution in [0.2, 0.25) is 0 Å². The Morgan fingerprint density at radius 3 is 2.42 bits per heavy atom. The molecule has 0 aliphatic rings. The Morgan fingerprint density at radius 1 is 0.750 bits per heavy atom. The highest BCUT2D eigenvalue weighted by molar-refractivity contribution is 9.10. The molecule has 1 aromatic heterocycles. The van der Waals surface area contributed by atoms with Crippen molar-refractivity contribution in [2.75, 3.05) is 0 Å². The van der Waals surface area contributed by atoms with Crippen molar-refractivity contribution < 1.29 is 0 Å². The van der Waals surface area contributed by atoms with E-state index in [9.17, 15) is 0 Å². The fourth-order valence-corrected chi connectivity index (χ4v) is 4.66. The number of benzene rings is 4. The number of nitrogens with zero attached hydrogens (tertiary/aromatic N) is 1. The summed E-state index contributed by atoms with van der Waals surface area (Å²) in [6.45, 7) is 0. The minimum Gasteiger partial charge on any atom is -0.236 e. The summed E-state index contributed by atoms with van der Waals surface area (Å²) in [5.74, 6) is 0. The van der Waals surface area contributed by atoms with Gasteiger partial charge >= 0.3 is 0 Å². The Hall–Kier alpha value is -2.23. The molecule has 0 saturated carbocycles. The molecule has 4 aromatic carbocycles. The molecular weight excluding hydrogens is 378 g/mol. The second kappa shape index (κ2) is 5.40. The molecule has 1 nitrogen and oxygen atoms in total. The first kappa shape index (κ1) is 14.1. The predicted molar refractivity (Wildman–Crippen MR) is 108 cm³/mol. The number of hydrogen-bond acceptors (Lipinski definition) is 2. The molecule has 0 saturated heterocycles. The molecular formula is C21H12BrNS. The molecule has 5 aromatic rings. The van der Waals surface area contributed by atoms with Gasteiger partial charge in [-0.3, -0.25) is 0 Å². The van der Waals surface area contributed by atoms with Gasteiger partial charge in [-0.1, -0.05) is 70.5 Å². The molecule has 0 spiro atoms. The smallest absolute Gasteiger partial charge is 0.124 e. The van der Waals surface area contributed by atoms with Crippen molar-refractivity contribution in [3.05, 3.63) is 77.3 Å². The molecule has 114 valence electrons. The van der Waals surface area contributed by atoms with Crippen molar-refractivity contribution in [2.24, 2.45) is 0 Å². The molecule has 0 fully saturated rings. The summed E-state index contributed by atoms with van der Waals surface area (Å²) in [6, 6.07) is 25.6. The lowest BCUT2D eigenvalue weighted by Crippen LogP contribution is -1.79. The van der Waals surface area contributed by atoms with Crippen molar-refractivity contribution in [1.82, 2.24) is 4.98 Å². The third-order valence-corrected chi connectivity index (χ3v) is 6.00. The minimum absolute atomic E-state index is 1.07. The maximum Gasteiger partial charge on any atom is 0.124 e. The number of thiazole rings is 1. The normalized spacial score (nSPS) is 11.5. The van der Waals surface area contributed by atoms with Crippen molar-refractivity contribution in [1.29, 1.82) is 0 Å². The molecule has 5 rings (SSSR count). The number of rotatable bonds is 1. The molecule has 0 bridgehead atoms. The van der Waals surface area contributed by atoms with E-state index < -0.39 is 0 Å². The Labute approximate surface area is 151 Å². The Morgan fingerprint density at radius 2 is 1.54 bits per heavy atom. The van der Waals surface area contributed by atoms with Gasteiger partial charge in [-0.2, -0.15) is 0 Å². The monoisotopic (exact) mass is 389 g/mol. The van der Waals surface area contributed by atoms with Gasteiger partial charge in [-0.25, -0.2) is 4.98 Å². The summed E-state index contributed by atoms with van der Waals surface area (Å²) in [6.07, 6.45) is 0. The molecule has 3 heteroatoms. The van der Waals surface area contributed by atoms with Crippen LogP contribution in [0.3, 0.4) is 0 Å². The fourth-order valence-electron chi connectivity index (χ4n) is 3.20. The van der Waals surface area contributed by atoms with E-state index in [-0.39, 0.29) is 0 Å². The molecule has 0 radical (unpaired) electrons. The third-order valence-electron chi connectivity index (χ3n) is 4.35. The van der Waals surface area contributed by atoms with Gasteiger partial charge in [-0.05, 0) is 34.4 Å². The second-order valence-corrected chi connectivity index (χ2v) is 7.74. The van der Waals surface area contributed by atoms with Gasteiger partial charge in [0.05, 0.1) is 10.2 Å². The number of halogens is 1. The quantitative estimate of drug-likeness (QED) is 0.280. The average Bonchev–Trinajstić information content (AvgIpc) is 3.06. The topological polar surface area (TPSA) is 12.9 Å². The van der Waals surface area contributed by atoms with Crippen molar-refractivity contribution in [3.63, 3.8) is 0 Å². The first-order valence-corrected chi connectivity index (χ1v) is 9.37. The molecule has 0 atom stereocenters. The van der Waals surface area contributed by atoms with Crippen LogP contribution in [0.1, 0.15) is 0 Å². The number of fused-ring (bicyclic) bond motifs is 5. The van der Waals surface area contributed by atoms with Crippen LogP contribution in [-0.2, 0) is 0 Å². The van der Waals surface area contributed by atoms with Gasteiger partial charge in [0.1, 0.15) is 5.01 Å². The molecule has 24 heavy (non-hydrogen) atoms. The van der Waals surface area contributed by atoms with Crippen LogP contribution in [0.4, 0.5) is 0 Å². The van der Waals surface area contributed by atoms with Gasteiger partial charge in [-0.15, -0.1) is 11.3 Å². The van der Waals surface area contributed by atoms with Crippen molar-refractivity contribution in [2.45, 2.75) is 0 Å². The Balaban J connectivity index is 1.85. The summed E-state index contributed by atoms with van der Waals surface area (Å²) >= 11 is 5.36. The predicted octanol–water partition coefficient (Wildman–Crippen LogP) is 7.03. The molecule has 0 aliphatic carbocycles. The highest BCUT2D eigenvalue weighted by atomic mass is 79.9. The van der Waals surface area contributed by atoms with Gasteiger partial charge in [0.2, 0.25) is 0 Å². The van der Waals surface area contributed by atoms with Crippen molar-refractivity contribution >= 4 is 59.0 Å². The van der Waals surface area contributed by atoms with Crippen molar-refractivity contribution in [3.8, 4) is 10.6 Å². The fraction of sp³-hybridized carbons (Fsp3) is 0. The lowest BCUT2D eigenvalue weighted by atomic mass is 10.0. The van der Waals surface area contributed by atoms with Gasteiger partial charge in [0, 0.05) is 15.4 Å². The van der Waals surface area contributed by atoms with Gasteiger partial charge < -0.3 is 0 Å². The van der Waals surface area contributed by atoms with E-state index in [1.165, 1.54) is 31.8 Å². The van der Waals surface area contributed by atoms with Crippen LogP contribution in [0.25, 0.3) is 42.3 Å². The van der Waals surface area contributed by atoms with E-state index in [1.807, 2.05) is 6.07 Å². The highest BCUT2D eigenvalue weighted by Crippen LogP contribution is 2.37. The summed E-state index contributed by atoms with van der Waals surface area (Å²) in [5, 5.41) is 6.17. The zero-order valence-corrected chi connectivity index (χ0v) is 15.1. The first-order chi connectivity index (χ1) is 11.8. The second-order valence-electron chi connectivity index (χ2n) is 5.82.